The van der Waals surface area contributed by atoms with E-state index in [4.69, 9.17) is 4.98 Å². The Labute approximate surface area is 207 Å². The fourth-order valence-electron chi connectivity index (χ4n) is 4.21. The monoisotopic (exact) mass is 525 g/mol. The number of hydrogen-bond donors (Lipinski definition) is 1. The molecular formula is C27H16BrN3O2S. The first-order valence-corrected chi connectivity index (χ1v) is 12.2. The lowest BCUT2D eigenvalue weighted by Gasteiger charge is -2.03. The molecule has 164 valence electrons. The molecule has 4 aromatic carbocycles. The predicted molar refractivity (Wildman–Crippen MR) is 142 cm³/mol. The van der Waals surface area contributed by atoms with Crippen molar-refractivity contribution in [1.82, 2.24) is 9.97 Å². The number of nitro benzene ring substituents is 1. The summed E-state index contributed by atoms with van der Waals surface area (Å²) in [5, 5.41) is 13.9. The number of aromatic amines is 1. The number of nitrogens with one attached hydrogen (secondary N) is 1. The van der Waals surface area contributed by atoms with Crippen molar-refractivity contribution in [3.63, 3.8) is 0 Å². The molecule has 6 aromatic rings. The first-order chi connectivity index (χ1) is 16.6. The number of fused-ring (bicyclic) bond motifs is 3. The van der Waals surface area contributed by atoms with Crippen LogP contribution in [0.5, 0.6) is 0 Å². The molecule has 0 aliphatic carbocycles. The first-order valence-electron chi connectivity index (χ1n) is 10.6. The predicted octanol–water partition coefficient (Wildman–Crippen LogP) is 8.45. The van der Waals surface area contributed by atoms with E-state index in [2.05, 4.69) is 63.4 Å². The number of nitro groups is 1. The Balaban J connectivity index is 1.55. The summed E-state index contributed by atoms with van der Waals surface area (Å²) in [4.78, 5) is 19.4. The van der Waals surface area contributed by atoms with Gasteiger partial charge in [-0.15, -0.1) is 11.3 Å². The minimum absolute atomic E-state index is 0.00315. The molecule has 1 N–H and O–H groups in total. The van der Waals surface area contributed by atoms with E-state index in [9.17, 15) is 10.1 Å². The Hall–Kier alpha value is -3.81. The van der Waals surface area contributed by atoms with E-state index < -0.39 is 4.92 Å². The van der Waals surface area contributed by atoms with Crippen molar-refractivity contribution in [3.05, 3.63) is 106 Å². The molecule has 2 aromatic heterocycles. The third-order valence-electron chi connectivity index (χ3n) is 5.83. The van der Waals surface area contributed by atoms with Gasteiger partial charge in [0, 0.05) is 42.9 Å². The molecular weight excluding hydrogens is 510 g/mol. The van der Waals surface area contributed by atoms with Gasteiger partial charge in [-0.25, -0.2) is 4.98 Å². The van der Waals surface area contributed by atoms with Crippen LogP contribution in [-0.4, -0.2) is 14.9 Å². The van der Waals surface area contributed by atoms with Crippen LogP contribution in [0.25, 0.3) is 54.1 Å². The molecule has 0 saturated heterocycles. The zero-order chi connectivity index (χ0) is 23.2. The molecule has 0 saturated carbocycles. The average molecular weight is 526 g/mol. The quantitative estimate of drug-likeness (QED) is 0.185. The lowest BCUT2D eigenvalue weighted by molar-refractivity contribution is -0.385. The Bertz CT molecular complexity index is 1710. The standard InChI is InChI=1S/C27H16BrN3O2S/c28-21-13-11-18(14-22(21)31(32)33)27-29-25(16-6-2-1-3-7-16)26(30-27)17-10-12-20-19-8-4-5-9-23(19)34-24(20)15-17/h1-15H,(H,29,30). The molecule has 34 heavy (non-hydrogen) atoms. The summed E-state index contributed by atoms with van der Waals surface area (Å²) in [7, 11) is 0. The van der Waals surface area contributed by atoms with Gasteiger partial charge in [0.2, 0.25) is 0 Å². The number of rotatable bonds is 4. The molecule has 0 bridgehead atoms. The number of aromatic nitrogens is 2. The molecule has 2 heterocycles. The van der Waals surface area contributed by atoms with Crippen molar-refractivity contribution in [2.75, 3.05) is 0 Å². The van der Waals surface area contributed by atoms with Crippen LogP contribution in [0, 0.1) is 10.1 Å². The minimum Gasteiger partial charge on any atom is -0.337 e. The number of hydrogen-bond acceptors (Lipinski definition) is 4. The van der Waals surface area contributed by atoms with Gasteiger partial charge in [0.15, 0.2) is 0 Å². The van der Waals surface area contributed by atoms with E-state index in [-0.39, 0.29) is 5.69 Å². The van der Waals surface area contributed by atoms with E-state index in [0.29, 0.717) is 15.9 Å². The maximum Gasteiger partial charge on any atom is 0.284 e. The van der Waals surface area contributed by atoms with Gasteiger partial charge in [0.05, 0.1) is 20.8 Å². The van der Waals surface area contributed by atoms with Crippen LogP contribution in [-0.2, 0) is 0 Å². The number of thiophene rings is 1. The summed E-state index contributed by atoms with van der Waals surface area (Å²) >= 11 is 5.03. The normalized spacial score (nSPS) is 11.3. The SMILES string of the molecule is O=[N+]([O-])c1cc(-c2nc(-c3ccc4c(c3)sc3ccccc34)c(-c3ccccc3)[nH]2)ccc1Br. The topological polar surface area (TPSA) is 71.8 Å². The summed E-state index contributed by atoms with van der Waals surface area (Å²) in [6.07, 6.45) is 0. The molecule has 0 aliphatic rings. The fraction of sp³-hybridized carbons (Fsp3) is 0. The molecule has 5 nitrogen and oxygen atoms in total. The van der Waals surface area contributed by atoms with Crippen LogP contribution in [0.4, 0.5) is 5.69 Å². The third kappa shape index (κ3) is 3.50. The van der Waals surface area contributed by atoms with E-state index in [1.54, 1.807) is 17.4 Å². The summed E-state index contributed by atoms with van der Waals surface area (Å²) in [5.41, 5.74) is 4.34. The van der Waals surface area contributed by atoms with Crippen LogP contribution in [0.1, 0.15) is 0 Å². The van der Waals surface area contributed by atoms with Gasteiger partial charge >= 0.3 is 0 Å². The van der Waals surface area contributed by atoms with Crippen molar-refractivity contribution in [1.29, 1.82) is 0 Å². The second-order valence-electron chi connectivity index (χ2n) is 7.91. The second kappa shape index (κ2) is 8.20. The number of benzene rings is 4. The molecule has 0 spiro atoms. The number of H-pyrrole nitrogens is 1. The van der Waals surface area contributed by atoms with Gasteiger partial charge in [0.1, 0.15) is 5.82 Å². The van der Waals surface area contributed by atoms with E-state index in [0.717, 1.165) is 22.5 Å². The van der Waals surface area contributed by atoms with Crippen molar-refractivity contribution in [2.45, 2.75) is 0 Å². The van der Waals surface area contributed by atoms with Crippen molar-refractivity contribution in [2.24, 2.45) is 0 Å². The largest absolute Gasteiger partial charge is 0.337 e. The van der Waals surface area contributed by atoms with Crippen LogP contribution in [0.15, 0.2) is 95.5 Å². The molecule has 0 unspecified atom stereocenters. The average Bonchev–Trinajstić information content (AvgIpc) is 3.46. The lowest BCUT2D eigenvalue weighted by atomic mass is 10.0. The smallest absolute Gasteiger partial charge is 0.284 e. The number of imidazole rings is 1. The molecule has 0 radical (unpaired) electrons. The minimum atomic E-state index is -0.398. The summed E-state index contributed by atoms with van der Waals surface area (Å²) in [6.45, 7) is 0. The highest BCUT2D eigenvalue weighted by atomic mass is 79.9. The van der Waals surface area contributed by atoms with Gasteiger partial charge < -0.3 is 4.98 Å². The summed E-state index contributed by atoms with van der Waals surface area (Å²) in [6, 6.07) is 29.9. The molecule has 7 heteroatoms. The Morgan fingerprint density at radius 2 is 1.53 bits per heavy atom. The van der Waals surface area contributed by atoms with E-state index in [1.807, 2.05) is 36.4 Å². The maximum absolute atomic E-state index is 11.5. The highest BCUT2D eigenvalue weighted by Gasteiger charge is 2.19. The highest BCUT2D eigenvalue weighted by molar-refractivity contribution is 9.10. The molecule has 0 fully saturated rings. The van der Waals surface area contributed by atoms with Crippen LogP contribution in [0.3, 0.4) is 0 Å². The van der Waals surface area contributed by atoms with E-state index >= 15 is 0 Å². The van der Waals surface area contributed by atoms with E-state index in [1.165, 1.54) is 26.2 Å². The van der Waals surface area contributed by atoms with Crippen molar-refractivity contribution < 1.29 is 4.92 Å². The number of nitrogens with zero attached hydrogens (tertiary/aromatic N) is 2. The summed E-state index contributed by atoms with van der Waals surface area (Å²) < 4.78 is 2.89. The zero-order valence-corrected chi connectivity index (χ0v) is 20.1. The Kier molecular flexibility index (Phi) is 5.01. The zero-order valence-electron chi connectivity index (χ0n) is 17.7. The van der Waals surface area contributed by atoms with Gasteiger partial charge in [0.25, 0.3) is 5.69 Å². The fourth-order valence-corrected chi connectivity index (χ4v) is 5.74. The molecule has 0 amide bonds. The molecule has 0 aliphatic heterocycles. The van der Waals surface area contributed by atoms with Gasteiger partial charge in [-0.3, -0.25) is 10.1 Å². The molecule has 0 atom stereocenters. The second-order valence-corrected chi connectivity index (χ2v) is 9.85. The van der Waals surface area contributed by atoms with Crippen LogP contribution >= 0.6 is 27.3 Å². The van der Waals surface area contributed by atoms with Crippen molar-refractivity contribution in [3.8, 4) is 33.9 Å². The third-order valence-corrected chi connectivity index (χ3v) is 7.64. The molecule has 6 rings (SSSR count). The maximum atomic E-state index is 11.5. The van der Waals surface area contributed by atoms with Crippen molar-refractivity contribution >= 4 is 53.1 Å². The summed E-state index contributed by atoms with van der Waals surface area (Å²) in [5.74, 6) is 0.584. The van der Waals surface area contributed by atoms with Gasteiger partial charge in [-0.1, -0.05) is 60.7 Å². The van der Waals surface area contributed by atoms with Crippen LogP contribution < -0.4 is 0 Å². The van der Waals surface area contributed by atoms with Gasteiger partial charge in [-0.2, -0.15) is 0 Å². The highest BCUT2D eigenvalue weighted by Crippen LogP contribution is 2.39. The van der Waals surface area contributed by atoms with Crippen LogP contribution in [0.2, 0.25) is 0 Å². The lowest BCUT2D eigenvalue weighted by Crippen LogP contribution is -1.91. The first kappa shape index (κ1) is 20.8. The Morgan fingerprint density at radius 1 is 0.794 bits per heavy atom. The number of halogens is 1. The Morgan fingerprint density at radius 3 is 2.35 bits per heavy atom. The van der Waals surface area contributed by atoms with Gasteiger partial charge in [-0.05, 0) is 40.2 Å².